The molecular formula is C10H11ClF2O2S. The maximum absolute atomic E-state index is 13.2. The fourth-order valence-electron chi connectivity index (χ4n) is 1.31. The van der Waals surface area contributed by atoms with Crippen molar-refractivity contribution in [3.63, 3.8) is 0 Å². The van der Waals surface area contributed by atoms with E-state index >= 15 is 0 Å². The van der Waals surface area contributed by atoms with Gasteiger partial charge < -0.3 is 0 Å². The highest BCUT2D eigenvalue weighted by molar-refractivity contribution is 7.90. The minimum atomic E-state index is -3.19. The molecular weight excluding hydrogens is 258 g/mol. The lowest BCUT2D eigenvalue weighted by Crippen LogP contribution is -2.17. The van der Waals surface area contributed by atoms with Crippen LogP contribution in [-0.4, -0.2) is 25.8 Å². The number of rotatable bonds is 4. The molecule has 1 rings (SSSR count). The van der Waals surface area contributed by atoms with Crippen LogP contribution in [0.15, 0.2) is 18.2 Å². The largest absolute Gasteiger partial charge is 0.229 e. The lowest BCUT2D eigenvalue weighted by atomic mass is 10.1. The first-order chi connectivity index (χ1) is 7.28. The summed E-state index contributed by atoms with van der Waals surface area (Å²) in [5.74, 6) is -1.61. The van der Waals surface area contributed by atoms with E-state index in [0.29, 0.717) is 0 Å². The van der Waals surface area contributed by atoms with Gasteiger partial charge in [0.25, 0.3) is 0 Å². The first-order valence-corrected chi connectivity index (χ1v) is 7.03. The Morgan fingerprint density at radius 2 is 2.00 bits per heavy atom. The fourth-order valence-corrected chi connectivity index (χ4v) is 2.94. The second kappa shape index (κ2) is 5.10. The van der Waals surface area contributed by atoms with E-state index in [1.165, 1.54) is 6.07 Å². The maximum atomic E-state index is 13.2. The van der Waals surface area contributed by atoms with Gasteiger partial charge >= 0.3 is 0 Å². The van der Waals surface area contributed by atoms with E-state index in [-0.39, 0.29) is 17.7 Å². The van der Waals surface area contributed by atoms with Crippen LogP contribution in [0.5, 0.6) is 0 Å². The predicted octanol–water partition coefficient (Wildman–Crippen LogP) is 2.16. The van der Waals surface area contributed by atoms with E-state index in [1.54, 1.807) is 0 Å². The summed E-state index contributed by atoms with van der Waals surface area (Å²) in [7, 11) is -3.19. The fraction of sp³-hybridized carbons (Fsp3) is 0.400. The Hall–Kier alpha value is -0.680. The topological polar surface area (TPSA) is 34.1 Å². The van der Waals surface area contributed by atoms with Crippen molar-refractivity contribution in [1.29, 1.82) is 0 Å². The summed E-state index contributed by atoms with van der Waals surface area (Å²) in [6.45, 7) is 0. The minimum Gasteiger partial charge on any atom is -0.229 e. The molecule has 0 saturated carbocycles. The van der Waals surface area contributed by atoms with E-state index in [9.17, 15) is 17.2 Å². The van der Waals surface area contributed by atoms with Gasteiger partial charge in [-0.05, 0) is 18.1 Å². The maximum Gasteiger partial charge on any atom is 0.148 e. The zero-order valence-corrected chi connectivity index (χ0v) is 10.2. The van der Waals surface area contributed by atoms with E-state index < -0.39 is 26.8 Å². The summed E-state index contributed by atoms with van der Waals surface area (Å²) in [4.78, 5) is 0. The molecule has 2 nitrogen and oxygen atoms in total. The molecule has 0 radical (unpaired) electrons. The molecule has 0 aliphatic rings. The molecule has 0 aliphatic heterocycles. The number of sulfone groups is 1. The zero-order valence-electron chi connectivity index (χ0n) is 8.58. The second-order valence-electron chi connectivity index (χ2n) is 3.63. The highest BCUT2D eigenvalue weighted by Gasteiger charge is 2.15. The van der Waals surface area contributed by atoms with Gasteiger partial charge in [-0.2, -0.15) is 0 Å². The van der Waals surface area contributed by atoms with Gasteiger partial charge in [0.2, 0.25) is 0 Å². The van der Waals surface area contributed by atoms with E-state index in [2.05, 4.69) is 0 Å². The third kappa shape index (κ3) is 4.45. The van der Waals surface area contributed by atoms with Crippen LogP contribution in [0.1, 0.15) is 5.56 Å². The van der Waals surface area contributed by atoms with Crippen molar-refractivity contribution >= 4 is 21.4 Å². The average molecular weight is 269 g/mol. The monoisotopic (exact) mass is 268 g/mol. The van der Waals surface area contributed by atoms with E-state index in [0.717, 1.165) is 18.4 Å². The van der Waals surface area contributed by atoms with Crippen molar-refractivity contribution < 1.29 is 17.2 Å². The SMILES string of the molecule is CS(=O)(=O)CC(Cl)Cc1ccc(F)cc1F. The van der Waals surface area contributed by atoms with Crippen molar-refractivity contribution in [2.24, 2.45) is 0 Å². The predicted molar refractivity (Wildman–Crippen MR) is 59.4 cm³/mol. The van der Waals surface area contributed by atoms with E-state index in [4.69, 9.17) is 11.6 Å². The van der Waals surface area contributed by atoms with Crippen molar-refractivity contribution in [1.82, 2.24) is 0 Å². The molecule has 6 heteroatoms. The molecule has 16 heavy (non-hydrogen) atoms. The molecule has 1 aromatic carbocycles. The number of halogens is 3. The Morgan fingerprint density at radius 1 is 1.38 bits per heavy atom. The van der Waals surface area contributed by atoms with Crippen LogP contribution in [0.4, 0.5) is 8.78 Å². The molecule has 0 fully saturated rings. The lowest BCUT2D eigenvalue weighted by Gasteiger charge is -2.08. The Morgan fingerprint density at radius 3 is 2.50 bits per heavy atom. The van der Waals surface area contributed by atoms with Gasteiger partial charge in [0.15, 0.2) is 0 Å². The summed E-state index contributed by atoms with van der Waals surface area (Å²) in [6.07, 6.45) is 1.12. The Kier molecular flexibility index (Phi) is 4.27. The highest BCUT2D eigenvalue weighted by Crippen LogP contribution is 2.15. The van der Waals surface area contributed by atoms with Crippen molar-refractivity contribution in [2.45, 2.75) is 11.8 Å². The summed E-state index contributed by atoms with van der Waals surface area (Å²) >= 11 is 5.77. The van der Waals surface area contributed by atoms with Crippen LogP contribution in [0, 0.1) is 11.6 Å². The minimum absolute atomic E-state index is 0.0563. The first-order valence-electron chi connectivity index (χ1n) is 4.53. The Labute approximate surface area is 98.2 Å². The van der Waals surface area contributed by atoms with Crippen LogP contribution in [0.2, 0.25) is 0 Å². The molecule has 1 aromatic rings. The number of alkyl halides is 1. The second-order valence-corrected chi connectivity index (χ2v) is 6.43. The summed E-state index contributed by atoms with van der Waals surface area (Å²) in [5.41, 5.74) is 0.213. The standard InChI is InChI=1S/C10H11ClF2O2S/c1-16(14,15)6-8(11)4-7-2-3-9(12)5-10(7)13/h2-3,5,8H,4,6H2,1H3. The Balaban J connectivity index is 2.73. The summed E-state index contributed by atoms with van der Waals surface area (Å²) < 4.78 is 47.6. The highest BCUT2D eigenvalue weighted by atomic mass is 35.5. The molecule has 0 aromatic heterocycles. The zero-order chi connectivity index (χ0) is 12.3. The van der Waals surface area contributed by atoms with Crippen LogP contribution in [0.3, 0.4) is 0 Å². The molecule has 0 spiro atoms. The molecule has 90 valence electrons. The molecule has 0 N–H and O–H groups in total. The number of hydrogen-bond donors (Lipinski definition) is 0. The van der Waals surface area contributed by atoms with Gasteiger partial charge in [-0.15, -0.1) is 11.6 Å². The van der Waals surface area contributed by atoms with Crippen LogP contribution in [-0.2, 0) is 16.3 Å². The first kappa shape index (κ1) is 13.4. The molecule has 0 amide bonds. The lowest BCUT2D eigenvalue weighted by molar-refractivity contribution is 0.569. The Bertz CT molecular complexity index is 474. The molecule has 0 bridgehead atoms. The van der Waals surface area contributed by atoms with Crippen LogP contribution < -0.4 is 0 Å². The van der Waals surface area contributed by atoms with Gasteiger partial charge in [0.05, 0.1) is 11.1 Å². The van der Waals surface area contributed by atoms with Crippen molar-refractivity contribution in [3.8, 4) is 0 Å². The molecule has 0 aliphatic carbocycles. The van der Waals surface area contributed by atoms with Gasteiger partial charge in [0, 0.05) is 12.3 Å². The molecule has 0 saturated heterocycles. The van der Waals surface area contributed by atoms with Crippen LogP contribution >= 0.6 is 11.6 Å². The normalized spacial score (nSPS) is 13.8. The molecule has 0 heterocycles. The number of hydrogen-bond acceptors (Lipinski definition) is 2. The van der Waals surface area contributed by atoms with Crippen molar-refractivity contribution in [3.05, 3.63) is 35.4 Å². The molecule has 1 unspecified atom stereocenters. The van der Waals surface area contributed by atoms with Gasteiger partial charge in [-0.1, -0.05) is 6.07 Å². The average Bonchev–Trinajstić information content (AvgIpc) is 2.06. The number of benzene rings is 1. The van der Waals surface area contributed by atoms with Gasteiger partial charge in [-0.3, -0.25) is 0 Å². The van der Waals surface area contributed by atoms with Crippen LogP contribution in [0.25, 0.3) is 0 Å². The summed E-state index contributed by atoms with van der Waals surface area (Å²) in [5, 5.41) is -0.713. The van der Waals surface area contributed by atoms with Gasteiger partial charge in [0.1, 0.15) is 21.5 Å². The third-order valence-corrected chi connectivity index (χ3v) is 3.44. The van der Waals surface area contributed by atoms with Crippen molar-refractivity contribution in [2.75, 3.05) is 12.0 Å². The van der Waals surface area contributed by atoms with Gasteiger partial charge in [-0.25, -0.2) is 17.2 Å². The third-order valence-electron chi connectivity index (χ3n) is 1.94. The molecule has 1 atom stereocenters. The smallest absolute Gasteiger partial charge is 0.148 e. The quantitative estimate of drug-likeness (QED) is 0.784. The summed E-state index contributed by atoms with van der Waals surface area (Å²) in [6, 6.07) is 3.13. The van der Waals surface area contributed by atoms with E-state index in [1.807, 2.05) is 0 Å².